The van der Waals surface area contributed by atoms with Crippen LogP contribution in [0.3, 0.4) is 0 Å². The molecule has 3 heteroatoms. The fourth-order valence-electron chi connectivity index (χ4n) is 3.21. The van der Waals surface area contributed by atoms with Gasteiger partial charge in [0.2, 0.25) is 0 Å². The lowest BCUT2D eigenvalue weighted by atomic mass is 9.70. The van der Waals surface area contributed by atoms with Gasteiger partial charge >= 0.3 is 0 Å². The van der Waals surface area contributed by atoms with E-state index in [2.05, 4.69) is 40.7 Å². The number of hydrogen-bond acceptors (Lipinski definition) is 3. The Kier molecular flexibility index (Phi) is 7.35. The Morgan fingerprint density at radius 1 is 1.15 bits per heavy atom. The fraction of sp³-hybridized carbons (Fsp3) is 0.652. The van der Waals surface area contributed by atoms with Crippen molar-refractivity contribution >= 4 is 11.6 Å². The number of carbonyl (C=O) groups is 2. The van der Waals surface area contributed by atoms with Crippen molar-refractivity contribution in [2.24, 2.45) is 11.3 Å². The molecular formula is C23H36O3. The standard InChI is InChI=1S/C23H36O3/c1-15(2)13-16(3)9-11-22(6,7)23(8,26)12-10-19-14-20(24)17(4)18(5)21(19)25/h9,14-15,26H,10-13H2,1-8H3/b16-9+. The summed E-state index contributed by atoms with van der Waals surface area (Å²) >= 11 is 0. The summed E-state index contributed by atoms with van der Waals surface area (Å²) in [4.78, 5) is 24.4. The molecule has 0 saturated heterocycles. The van der Waals surface area contributed by atoms with E-state index in [1.807, 2.05) is 6.92 Å². The zero-order valence-electron chi connectivity index (χ0n) is 17.8. The molecule has 1 aliphatic rings. The van der Waals surface area contributed by atoms with Crippen molar-refractivity contribution in [1.29, 1.82) is 0 Å². The number of rotatable bonds is 8. The maximum atomic E-state index is 12.4. The molecule has 0 aliphatic heterocycles. The van der Waals surface area contributed by atoms with Crippen molar-refractivity contribution in [1.82, 2.24) is 0 Å². The number of Topliss-reactive ketones (excluding diaryl/α,β-unsaturated/α-hetero) is 1. The van der Waals surface area contributed by atoms with Gasteiger partial charge in [0.15, 0.2) is 11.6 Å². The first-order valence-electron chi connectivity index (χ1n) is 9.63. The van der Waals surface area contributed by atoms with Crippen molar-refractivity contribution in [3.05, 3.63) is 34.4 Å². The first-order valence-corrected chi connectivity index (χ1v) is 9.63. The molecule has 0 fully saturated rings. The maximum absolute atomic E-state index is 12.4. The van der Waals surface area contributed by atoms with Gasteiger partial charge in [0.05, 0.1) is 5.60 Å². The van der Waals surface area contributed by atoms with E-state index < -0.39 is 5.60 Å². The van der Waals surface area contributed by atoms with Crippen LogP contribution in [0.25, 0.3) is 0 Å². The van der Waals surface area contributed by atoms with E-state index in [-0.39, 0.29) is 17.0 Å². The summed E-state index contributed by atoms with van der Waals surface area (Å²) in [5, 5.41) is 11.1. The summed E-state index contributed by atoms with van der Waals surface area (Å²) in [5.74, 6) is 0.461. The molecule has 26 heavy (non-hydrogen) atoms. The van der Waals surface area contributed by atoms with Gasteiger partial charge in [-0.1, -0.05) is 39.3 Å². The highest BCUT2D eigenvalue weighted by Crippen LogP contribution is 2.39. The third-order valence-electron chi connectivity index (χ3n) is 5.90. The lowest BCUT2D eigenvalue weighted by molar-refractivity contribution is -0.116. The molecule has 1 atom stereocenters. The highest BCUT2D eigenvalue weighted by Gasteiger charge is 2.38. The van der Waals surface area contributed by atoms with Crippen LogP contribution in [0.2, 0.25) is 0 Å². The molecular weight excluding hydrogens is 324 g/mol. The lowest BCUT2D eigenvalue weighted by Gasteiger charge is -2.40. The Bertz CT molecular complexity index is 655. The van der Waals surface area contributed by atoms with Crippen LogP contribution in [0.15, 0.2) is 34.4 Å². The molecule has 0 aromatic heterocycles. The third-order valence-corrected chi connectivity index (χ3v) is 5.90. The molecule has 0 saturated carbocycles. The van der Waals surface area contributed by atoms with Crippen LogP contribution in [0.1, 0.15) is 81.1 Å². The van der Waals surface area contributed by atoms with Gasteiger partial charge < -0.3 is 5.11 Å². The molecule has 1 rings (SSSR count). The van der Waals surface area contributed by atoms with E-state index >= 15 is 0 Å². The Labute approximate surface area is 159 Å². The first kappa shape index (κ1) is 22.6. The number of aliphatic hydroxyl groups is 1. The average Bonchev–Trinajstić information content (AvgIpc) is 2.52. The van der Waals surface area contributed by atoms with E-state index in [1.54, 1.807) is 13.8 Å². The molecule has 0 radical (unpaired) electrons. The van der Waals surface area contributed by atoms with Crippen LogP contribution < -0.4 is 0 Å². The van der Waals surface area contributed by atoms with Crippen LogP contribution in [0, 0.1) is 11.3 Å². The molecule has 0 amide bonds. The highest BCUT2D eigenvalue weighted by molar-refractivity contribution is 6.22. The molecule has 0 spiro atoms. The summed E-state index contributed by atoms with van der Waals surface area (Å²) in [6.45, 7) is 15.9. The summed E-state index contributed by atoms with van der Waals surface area (Å²) < 4.78 is 0. The van der Waals surface area contributed by atoms with Crippen molar-refractivity contribution in [2.75, 3.05) is 0 Å². The van der Waals surface area contributed by atoms with Gasteiger partial charge in [-0.05, 0) is 70.8 Å². The van der Waals surface area contributed by atoms with Crippen molar-refractivity contribution in [3.8, 4) is 0 Å². The normalized spacial score (nSPS) is 19.2. The second-order valence-electron chi connectivity index (χ2n) is 9.12. The van der Waals surface area contributed by atoms with E-state index in [0.29, 0.717) is 35.5 Å². The molecule has 0 aromatic rings. The molecule has 1 aliphatic carbocycles. The molecule has 1 unspecified atom stereocenters. The third kappa shape index (κ3) is 5.51. The lowest BCUT2D eigenvalue weighted by Crippen LogP contribution is -2.42. The summed E-state index contributed by atoms with van der Waals surface area (Å²) in [5.41, 5.74) is 1.65. The number of carbonyl (C=O) groups excluding carboxylic acids is 2. The van der Waals surface area contributed by atoms with E-state index in [4.69, 9.17) is 0 Å². The van der Waals surface area contributed by atoms with E-state index in [1.165, 1.54) is 11.6 Å². The van der Waals surface area contributed by atoms with E-state index in [0.717, 1.165) is 12.8 Å². The Morgan fingerprint density at radius 3 is 2.27 bits per heavy atom. The monoisotopic (exact) mass is 360 g/mol. The van der Waals surface area contributed by atoms with Crippen molar-refractivity contribution in [2.45, 2.75) is 86.7 Å². The van der Waals surface area contributed by atoms with Gasteiger partial charge in [-0.25, -0.2) is 0 Å². The summed E-state index contributed by atoms with van der Waals surface area (Å²) in [6.07, 6.45) is 6.38. The predicted molar refractivity (Wildman–Crippen MR) is 108 cm³/mol. The molecule has 1 N–H and O–H groups in total. The Balaban J connectivity index is 2.80. The number of allylic oxidation sites excluding steroid dienone is 6. The number of hydrogen-bond donors (Lipinski definition) is 1. The summed E-state index contributed by atoms with van der Waals surface area (Å²) in [7, 11) is 0. The quantitative estimate of drug-likeness (QED) is 0.469. The second kappa shape index (κ2) is 8.47. The van der Waals surface area contributed by atoms with Gasteiger partial charge in [-0.2, -0.15) is 0 Å². The zero-order valence-corrected chi connectivity index (χ0v) is 17.8. The Hall–Kier alpha value is -1.48. The van der Waals surface area contributed by atoms with Gasteiger partial charge in [0.25, 0.3) is 0 Å². The molecule has 0 bridgehead atoms. The minimum Gasteiger partial charge on any atom is -0.390 e. The van der Waals surface area contributed by atoms with Gasteiger partial charge in [0, 0.05) is 16.7 Å². The van der Waals surface area contributed by atoms with Gasteiger partial charge in [0.1, 0.15) is 0 Å². The molecule has 0 aromatic carbocycles. The smallest absolute Gasteiger partial charge is 0.185 e. The number of ketones is 2. The van der Waals surface area contributed by atoms with Crippen LogP contribution in [0.5, 0.6) is 0 Å². The van der Waals surface area contributed by atoms with Crippen LogP contribution in [-0.4, -0.2) is 22.3 Å². The highest BCUT2D eigenvalue weighted by atomic mass is 16.3. The van der Waals surface area contributed by atoms with Gasteiger partial charge in [-0.3, -0.25) is 9.59 Å². The maximum Gasteiger partial charge on any atom is 0.185 e. The van der Waals surface area contributed by atoms with Crippen LogP contribution >= 0.6 is 0 Å². The molecule has 146 valence electrons. The van der Waals surface area contributed by atoms with Crippen molar-refractivity contribution in [3.63, 3.8) is 0 Å². The second-order valence-corrected chi connectivity index (χ2v) is 9.12. The Morgan fingerprint density at radius 2 is 1.73 bits per heavy atom. The van der Waals surface area contributed by atoms with Crippen LogP contribution in [0.4, 0.5) is 0 Å². The van der Waals surface area contributed by atoms with E-state index in [9.17, 15) is 14.7 Å². The first-order chi connectivity index (χ1) is 11.8. The van der Waals surface area contributed by atoms with Crippen molar-refractivity contribution < 1.29 is 14.7 Å². The average molecular weight is 361 g/mol. The SMILES string of the molecule is CC1=C(C)C(=O)C(CCC(C)(O)C(C)(C)C/C=C(\C)CC(C)C)=CC1=O. The minimum absolute atomic E-state index is 0.0663. The zero-order chi connectivity index (χ0) is 20.3. The van der Waals surface area contributed by atoms with Gasteiger partial charge in [-0.15, -0.1) is 0 Å². The van der Waals surface area contributed by atoms with Crippen LogP contribution in [-0.2, 0) is 9.59 Å². The molecule has 3 nitrogen and oxygen atoms in total. The molecule has 0 heterocycles. The predicted octanol–water partition coefficient (Wildman–Crippen LogP) is 5.34. The summed E-state index contributed by atoms with van der Waals surface area (Å²) in [6, 6.07) is 0. The minimum atomic E-state index is -0.935. The largest absolute Gasteiger partial charge is 0.390 e. The topological polar surface area (TPSA) is 54.4 Å². The fourth-order valence-corrected chi connectivity index (χ4v) is 3.21.